The van der Waals surface area contributed by atoms with E-state index in [-0.39, 0.29) is 46.2 Å². The second-order valence-corrected chi connectivity index (χ2v) is 21.0. The van der Waals surface area contributed by atoms with Crippen LogP contribution in [0.4, 0.5) is 0 Å². The summed E-state index contributed by atoms with van der Waals surface area (Å²) in [6.07, 6.45) is -21.3. The van der Waals surface area contributed by atoms with Gasteiger partial charge in [0.25, 0.3) is 0 Å². The summed E-state index contributed by atoms with van der Waals surface area (Å²) in [5, 5.41) is 23.2. The molecule has 0 saturated carbocycles. The molecule has 0 amide bonds. The van der Waals surface area contributed by atoms with E-state index < -0.39 is 120 Å². The molecule has 0 aliphatic carbocycles. The van der Waals surface area contributed by atoms with E-state index in [4.69, 9.17) is 56.3 Å². The minimum atomic E-state index is -5.45. The van der Waals surface area contributed by atoms with Gasteiger partial charge in [0, 0.05) is 0 Å². The van der Waals surface area contributed by atoms with E-state index in [1.165, 1.54) is 6.08 Å². The Morgan fingerprint density at radius 3 is 1.35 bits per heavy atom. The van der Waals surface area contributed by atoms with Gasteiger partial charge < -0.3 is 62.3 Å². The standard InChI is InChI=1S/C56H66O21S2/c1-3-29-66-55-53(70-34-42-27-17-8-18-28-42)51(76-54-46(58)49(77-79(62,63)64)45(57)43(73-54)36-71-78(59,60)61)48(44(74-55)35-65-30-38-19-9-4-10-20-38)75-56-52(69-33-41-25-15-7-16-26-41)50(68-32-40-23-13-6-14-24-40)47(37(2)72-56)67-31-39-21-11-5-12-22-39/h3-28,37,43-58H,1,29-36H2,2H3,(H,59,60,61)(H,62,63,64)/t37-,43+,44+,45-,46+,47+,48+,49-,50+,51-,52-,53+,54-,55+,56-/m0/s1. The molecule has 0 unspecified atom stereocenters. The molecule has 79 heavy (non-hydrogen) atoms. The molecule has 4 N–H and O–H groups in total. The van der Waals surface area contributed by atoms with Crippen LogP contribution in [0.15, 0.2) is 164 Å². The van der Waals surface area contributed by atoms with Crippen molar-refractivity contribution < 1.29 is 96.6 Å². The van der Waals surface area contributed by atoms with E-state index in [9.17, 15) is 36.2 Å². The average Bonchev–Trinajstić information content (AvgIpc) is 3.64. The Kier molecular flexibility index (Phi) is 22.2. The zero-order chi connectivity index (χ0) is 55.8. The molecule has 23 heteroatoms. The summed E-state index contributed by atoms with van der Waals surface area (Å²) in [5.41, 5.74) is 4.04. The van der Waals surface area contributed by atoms with E-state index in [2.05, 4.69) is 10.8 Å². The highest BCUT2D eigenvalue weighted by Gasteiger charge is 2.57. The number of hydrogen-bond acceptors (Lipinski definition) is 19. The highest BCUT2D eigenvalue weighted by molar-refractivity contribution is 7.81. The number of aliphatic hydroxyl groups excluding tert-OH is 2. The van der Waals surface area contributed by atoms with Crippen molar-refractivity contribution in [3.63, 3.8) is 0 Å². The van der Waals surface area contributed by atoms with Gasteiger partial charge in [-0.05, 0) is 34.7 Å². The van der Waals surface area contributed by atoms with Crippen LogP contribution in [0, 0.1) is 0 Å². The smallest absolute Gasteiger partial charge is 0.387 e. The van der Waals surface area contributed by atoms with Crippen LogP contribution in [-0.2, 0) is 114 Å². The van der Waals surface area contributed by atoms with Crippen molar-refractivity contribution in [1.82, 2.24) is 0 Å². The van der Waals surface area contributed by atoms with Crippen molar-refractivity contribution in [3.05, 3.63) is 192 Å². The summed E-state index contributed by atoms with van der Waals surface area (Å²) in [4.78, 5) is 0. The SMILES string of the molecule is C=CCO[C@@H]1O[C@H](COCc2ccccc2)[C@@H](O[C@@H]2O[C@@H](C)[C@@H](OCc3ccccc3)[C@@H](OCc3ccccc3)[C@@H]2OCc2ccccc2)[C@H](O[C@@H]2O[C@H](COS(=O)(=O)O)[C@H](O)[C@H](OS(=O)(=O)O)[C@H]2O)[C@H]1OCc1ccccc1. The molecule has 21 nitrogen and oxygen atoms in total. The summed E-state index contributed by atoms with van der Waals surface area (Å²) < 4.78 is 150. The maximum Gasteiger partial charge on any atom is 0.397 e. The maximum atomic E-state index is 12.3. The predicted octanol–water partition coefficient (Wildman–Crippen LogP) is 5.44. The first-order valence-corrected chi connectivity index (χ1v) is 28.2. The molecule has 8 rings (SSSR count). The highest BCUT2D eigenvalue weighted by atomic mass is 32.3. The van der Waals surface area contributed by atoms with Gasteiger partial charge in [0.15, 0.2) is 18.9 Å². The molecule has 5 aromatic rings. The summed E-state index contributed by atoms with van der Waals surface area (Å²) in [7, 11) is -10.7. The Labute approximate surface area is 459 Å². The monoisotopic (exact) mass is 1140 g/mol. The van der Waals surface area contributed by atoms with Gasteiger partial charge in [0.1, 0.15) is 67.1 Å². The minimum Gasteiger partial charge on any atom is -0.387 e. The zero-order valence-electron chi connectivity index (χ0n) is 43.1. The Balaban J connectivity index is 1.23. The summed E-state index contributed by atoms with van der Waals surface area (Å²) in [5.74, 6) is 0. The van der Waals surface area contributed by atoms with Crippen LogP contribution in [0.3, 0.4) is 0 Å². The third-order valence-electron chi connectivity index (χ3n) is 13.1. The Morgan fingerprint density at radius 1 is 0.456 bits per heavy atom. The topological polar surface area (TPSA) is 269 Å². The van der Waals surface area contributed by atoms with Crippen LogP contribution in [0.5, 0.6) is 0 Å². The first kappa shape index (κ1) is 60.2. The number of rotatable bonds is 28. The Hall–Kier alpha value is -4.94. The largest absolute Gasteiger partial charge is 0.397 e. The fraction of sp³-hybridized carbons (Fsp3) is 0.429. The first-order chi connectivity index (χ1) is 38.1. The molecule has 3 aliphatic rings. The first-order valence-electron chi connectivity index (χ1n) is 25.5. The van der Waals surface area contributed by atoms with Crippen LogP contribution in [0.1, 0.15) is 34.7 Å². The molecular weight excluding hydrogens is 1070 g/mol. The van der Waals surface area contributed by atoms with Crippen molar-refractivity contribution in [2.75, 3.05) is 19.8 Å². The predicted molar refractivity (Wildman–Crippen MR) is 280 cm³/mol. The van der Waals surface area contributed by atoms with Gasteiger partial charge >= 0.3 is 20.8 Å². The maximum absolute atomic E-state index is 12.3. The van der Waals surface area contributed by atoms with Gasteiger partial charge in [-0.1, -0.05) is 158 Å². The molecule has 3 saturated heterocycles. The van der Waals surface area contributed by atoms with Gasteiger partial charge in [-0.25, -0.2) is 8.37 Å². The summed E-state index contributed by atoms with van der Waals surface area (Å²) >= 11 is 0. The van der Waals surface area contributed by atoms with Crippen molar-refractivity contribution >= 4 is 20.8 Å². The van der Waals surface area contributed by atoms with Gasteiger partial charge in [-0.2, -0.15) is 16.8 Å². The zero-order valence-corrected chi connectivity index (χ0v) is 44.7. The summed E-state index contributed by atoms with van der Waals surface area (Å²) in [6, 6.07) is 46.8. The van der Waals surface area contributed by atoms with Crippen molar-refractivity contribution in [2.45, 2.75) is 132 Å². The lowest BCUT2D eigenvalue weighted by atomic mass is 9.95. The normalized spacial score (nSPS) is 29.5. The molecule has 0 spiro atoms. The van der Waals surface area contributed by atoms with Crippen LogP contribution in [-0.4, -0.2) is 148 Å². The van der Waals surface area contributed by atoms with Gasteiger partial charge in [0.05, 0.1) is 59.0 Å². The molecule has 15 atom stereocenters. The van der Waals surface area contributed by atoms with E-state index in [0.717, 1.165) is 22.3 Å². The second kappa shape index (κ2) is 29.2. The molecule has 428 valence electrons. The van der Waals surface area contributed by atoms with Crippen LogP contribution >= 0.6 is 0 Å². The van der Waals surface area contributed by atoms with E-state index in [1.807, 2.05) is 127 Å². The average molecular weight is 1140 g/mol. The fourth-order valence-corrected chi connectivity index (χ4v) is 10.1. The molecule has 0 bridgehead atoms. The van der Waals surface area contributed by atoms with Crippen molar-refractivity contribution in [3.8, 4) is 0 Å². The number of ether oxygens (including phenoxy) is 11. The van der Waals surface area contributed by atoms with Crippen LogP contribution in [0.25, 0.3) is 0 Å². The molecular formula is C56H66O21S2. The fourth-order valence-electron chi connectivity index (χ4n) is 9.29. The van der Waals surface area contributed by atoms with Crippen LogP contribution < -0.4 is 0 Å². The molecule has 5 aromatic carbocycles. The third-order valence-corrected chi connectivity index (χ3v) is 14.0. The number of benzene rings is 5. The lowest BCUT2D eigenvalue weighted by Gasteiger charge is -2.51. The highest BCUT2D eigenvalue weighted by Crippen LogP contribution is 2.38. The van der Waals surface area contributed by atoms with E-state index in [0.29, 0.717) is 5.56 Å². The van der Waals surface area contributed by atoms with E-state index in [1.54, 1.807) is 31.2 Å². The Morgan fingerprint density at radius 2 is 0.886 bits per heavy atom. The molecule has 0 aromatic heterocycles. The summed E-state index contributed by atoms with van der Waals surface area (Å²) in [6.45, 7) is 4.44. The van der Waals surface area contributed by atoms with Crippen molar-refractivity contribution in [1.29, 1.82) is 0 Å². The van der Waals surface area contributed by atoms with Gasteiger partial charge in [0.2, 0.25) is 0 Å². The third kappa shape index (κ3) is 17.8. The van der Waals surface area contributed by atoms with Crippen LogP contribution in [0.2, 0.25) is 0 Å². The van der Waals surface area contributed by atoms with Gasteiger partial charge in [-0.15, -0.1) is 6.58 Å². The van der Waals surface area contributed by atoms with Gasteiger partial charge in [-0.3, -0.25) is 9.11 Å². The van der Waals surface area contributed by atoms with Crippen molar-refractivity contribution in [2.24, 2.45) is 0 Å². The molecule has 3 aliphatic heterocycles. The van der Waals surface area contributed by atoms with E-state index >= 15 is 0 Å². The second-order valence-electron chi connectivity index (χ2n) is 18.8. The molecule has 3 fully saturated rings. The number of hydrogen-bond donors (Lipinski definition) is 4. The minimum absolute atomic E-state index is 0.0390. The lowest BCUT2D eigenvalue weighted by molar-refractivity contribution is -0.393. The number of aliphatic hydroxyl groups is 2. The lowest BCUT2D eigenvalue weighted by Crippen LogP contribution is -2.68. The molecule has 3 heterocycles. The Bertz CT molecular complexity index is 2810. The quantitative estimate of drug-likeness (QED) is 0.0359. The molecule has 0 radical (unpaired) electrons.